The van der Waals surface area contributed by atoms with Gasteiger partial charge in [0.2, 0.25) is 0 Å². The molecular formula is C25H27BrN6. The van der Waals surface area contributed by atoms with Crippen LogP contribution in [0.2, 0.25) is 0 Å². The summed E-state index contributed by atoms with van der Waals surface area (Å²) in [5.41, 5.74) is 3.77. The van der Waals surface area contributed by atoms with Crippen molar-refractivity contribution >= 4 is 32.5 Å². The van der Waals surface area contributed by atoms with Crippen LogP contribution in [0.4, 0.5) is 5.69 Å². The van der Waals surface area contributed by atoms with Crippen molar-refractivity contribution in [2.75, 3.05) is 44.2 Å². The van der Waals surface area contributed by atoms with Crippen LogP contribution in [0, 0.1) is 11.3 Å². The van der Waals surface area contributed by atoms with Gasteiger partial charge in [-0.2, -0.15) is 5.26 Å². The molecular weight excluding hydrogens is 464 g/mol. The molecule has 0 aliphatic carbocycles. The lowest BCUT2D eigenvalue weighted by atomic mass is 10.0. The van der Waals surface area contributed by atoms with E-state index in [-0.39, 0.29) is 0 Å². The Bertz CT molecular complexity index is 1140. The van der Waals surface area contributed by atoms with Gasteiger partial charge < -0.3 is 9.80 Å². The quantitative estimate of drug-likeness (QED) is 0.555. The molecule has 0 unspecified atom stereocenters. The van der Waals surface area contributed by atoms with Crippen LogP contribution in [0.25, 0.3) is 10.9 Å². The van der Waals surface area contributed by atoms with Crippen molar-refractivity contribution < 1.29 is 0 Å². The Morgan fingerprint density at radius 1 is 1.09 bits per heavy atom. The number of piperazine rings is 2. The van der Waals surface area contributed by atoms with Crippen molar-refractivity contribution in [1.82, 2.24) is 19.8 Å². The maximum atomic E-state index is 9.49. The van der Waals surface area contributed by atoms with Gasteiger partial charge in [-0.3, -0.25) is 14.9 Å². The predicted octanol–water partition coefficient (Wildman–Crippen LogP) is 3.70. The third-order valence-electron chi connectivity index (χ3n) is 6.77. The van der Waals surface area contributed by atoms with E-state index in [1.807, 2.05) is 18.3 Å². The first-order valence-electron chi connectivity index (χ1n) is 11.2. The average molecular weight is 491 g/mol. The minimum atomic E-state index is 0.492. The molecule has 2 aliphatic heterocycles. The zero-order valence-corrected chi connectivity index (χ0v) is 19.9. The number of rotatable bonds is 4. The minimum Gasteiger partial charge on any atom is -0.368 e. The first kappa shape index (κ1) is 21.3. The highest BCUT2D eigenvalue weighted by molar-refractivity contribution is 9.10. The van der Waals surface area contributed by atoms with E-state index in [0.29, 0.717) is 17.6 Å². The van der Waals surface area contributed by atoms with Gasteiger partial charge in [-0.25, -0.2) is 0 Å². The smallest absolute Gasteiger partial charge is 0.101 e. The van der Waals surface area contributed by atoms with Crippen LogP contribution < -0.4 is 4.90 Å². The second-order valence-corrected chi connectivity index (χ2v) is 9.72. The highest BCUT2D eigenvalue weighted by atomic mass is 79.9. The minimum absolute atomic E-state index is 0.492. The molecule has 32 heavy (non-hydrogen) atoms. The molecule has 7 heteroatoms. The fraction of sp³-hybridized carbons (Fsp3) is 0.400. The lowest BCUT2D eigenvalue weighted by Gasteiger charge is -2.51. The maximum Gasteiger partial charge on any atom is 0.101 e. The number of halogens is 1. The summed E-state index contributed by atoms with van der Waals surface area (Å²) in [6, 6.07) is 15.5. The molecule has 2 atom stereocenters. The molecule has 4 heterocycles. The molecule has 2 fully saturated rings. The van der Waals surface area contributed by atoms with Crippen LogP contribution in [0.15, 0.2) is 53.3 Å². The molecule has 164 valence electrons. The lowest BCUT2D eigenvalue weighted by Crippen LogP contribution is -2.65. The van der Waals surface area contributed by atoms with Crippen LogP contribution in [0.3, 0.4) is 0 Å². The summed E-state index contributed by atoms with van der Waals surface area (Å²) in [6.07, 6.45) is 4.63. The second kappa shape index (κ2) is 9.14. The molecule has 0 saturated carbocycles. The Labute approximate surface area is 197 Å². The number of benzene rings is 1. The van der Waals surface area contributed by atoms with Crippen LogP contribution >= 0.6 is 15.9 Å². The van der Waals surface area contributed by atoms with Gasteiger partial charge in [0.1, 0.15) is 6.07 Å². The van der Waals surface area contributed by atoms with E-state index in [0.717, 1.165) is 66.8 Å². The number of fused-ring (bicyclic) bond motifs is 2. The van der Waals surface area contributed by atoms with E-state index in [4.69, 9.17) is 0 Å². The monoisotopic (exact) mass is 490 g/mol. The van der Waals surface area contributed by atoms with E-state index in [1.165, 1.54) is 5.69 Å². The number of nitriles is 1. The zero-order valence-electron chi connectivity index (χ0n) is 18.3. The van der Waals surface area contributed by atoms with Crippen molar-refractivity contribution in [2.45, 2.75) is 25.4 Å². The highest BCUT2D eigenvalue weighted by Crippen LogP contribution is 2.31. The summed E-state index contributed by atoms with van der Waals surface area (Å²) in [5.74, 6) is 0. The predicted molar refractivity (Wildman–Crippen MR) is 131 cm³/mol. The number of nitrogens with zero attached hydrogens (tertiary/aromatic N) is 6. The van der Waals surface area contributed by atoms with Crippen molar-refractivity contribution in [3.63, 3.8) is 0 Å². The van der Waals surface area contributed by atoms with E-state index in [1.54, 1.807) is 6.20 Å². The third-order valence-corrected chi connectivity index (χ3v) is 7.24. The van der Waals surface area contributed by atoms with Crippen LogP contribution in [-0.2, 0) is 6.42 Å². The molecule has 2 aliphatic rings. The Balaban J connectivity index is 1.32. The molecule has 0 spiro atoms. The van der Waals surface area contributed by atoms with Gasteiger partial charge in [0, 0.05) is 91.4 Å². The van der Waals surface area contributed by atoms with Gasteiger partial charge in [0.25, 0.3) is 0 Å². The van der Waals surface area contributed by atoms with Crippen molar-refractivity contribution in [1.29, 1.82) is 5.26 Å². The summed E-state index contributed by atoms with van der Waals surface area (Å²) in [7, 11) is 0. The highest BCUT2D eigenvalue weighted by Gasteiger charge is 2.36. The maximum absolute atomic E-state index is 9.49. The Morgan fingerprint density at radius 3 is 2.81 bits per heavy atom. The number of hydrogen-bond acceptors (Lipinski definition) is 6. The molecule has 2 saturated heterocycles. The van der Waals surface area contributed by atoms with Gasteiger partial charge in [-0.1, -0.05) is 0 Å². The molecule has 0 amide bonds. The fourth-order valence-electron chi connectivity index (χ4n) is 5.18. The summed E-state index contributed by atoms with van der Waals surface area (Å²) in [5, 5.41) is 10.6. The topological polar surface area (TPSA) is 59.3 Å². The van der Waals surface area contributed by atoms with E-state index >= 15 is 0 Å². The Hall–Kier alpha value is -2.53. The number of aromatic nitrogens is 2. The molecule has 0 N–H and O–H groups in total. The number of anilines is 1. The molecule has 0 bridgehead atoms. The first-order chi connectivity index (χ1) is 15.6. The third kappa shape index (κ3) is 4.23. The van der Waals surface area contributed by atoms with Gasteiger partial charge >= 0.3 is 0 Å². The number of hydrogen-bond donors (Lipinski definition) is 0. The SMILES string of the molecule is C[C@@H]1CN(c2ccc(C#N)c3ncccc23)C[C@@H]2CN(CCc3ccc(Br)cn3)CCN21. The van der Waals surface area contributed by atoms with Crippen LogP contribution in [-0.4, -0.2) is 71.1 Å². The summed E-state index contributed by atoms with van der Waals surface area (Å²) < 4.78 is 1.02. The standard InChI is InChI=1S/C25H27BrN6/c1-18-15-31(24-7-4-19(13-27)25-23(24)3-2-9-28-25)17-22-16-30(11-12-32(18)22)10-8-21-6-5-20(26)14-29-21/h2-7,9,14,18,22H,8,10-12,15-17H2,1H3/t18-,22+/m1/s1. The second-order valence-electron chi connectivity index (χ2n) is 8.81. The van der Waals surface area contributed by atoms with Gasteiger partial charge in [-0.05, 0) is 59.3 Å². The van der Waals surface area contributed by atoms with Crippen LogP contribution in [0.5, 0.6) is 0 Å². The normalized spacial score (nSPS) is 22.0. The molecule has 1 aromatic carbocycles. The van der Waals surface area contributed by atoms with Crippen molar-refractivity contribution in [2.24, 2.45) is 0 Å². The largest absolute Gasteiger partial charge is 0.368 e. The van der Waals surface area contributed by atoms with Crippen LogP contribution in [0.1, 0.15) is 18.2 Å². The van der Waals surface area contributed by atoms with E-state index in [9.17, 15) is 5.26 Å². The van der Waals surface area contributed by atoms with Gasteiger partial charge in [0.05, 0.1) is 11.1 Å². The molecule has 2 aromatic heterocycles. The van der Waals surface area contributed by atoms with Crippen molar-refractivity contribution in [3.05, 3.63) is 64.5 Å². The average Bonchev–Trinajstić information content (AvgIpc) is 2.82. The summed E-state index contributed by atoms with van der Waals surface area (Å²) in [6.45, 7) is 8.66. The molecule has 0 radical (unpaired) electrons. The zero-order chi connectivity index (χ0) is 22.1. The molecule has 3 aromatic rings. The van der Waals surface area contributed by atoms with Gasteiger partial charge in [-0.15, -0.1) is 0 Å². The Morgan fingerprint density at radius 2 is 2.00 bits per heavy atom. The molecule has 5 rings (SSSR count). The summed E-state index contributed by atoms with van der Waals surface area (Å²) in [4.78, 5) is 16.8. The number of pyridine rings is 2. The first-order valence-corrected chi connectivity index (χ1v) is 12.0. The van der Waals surface area contributed by atoms with E-state index in [2.05, 4.69) is 77.9 Å². The summed E-state index contributed by atoms with van der Waals surface area (Å²) >= 11 is 3.46. The lowest BCUT2D eigenvalue weighted by molar-refractivity contribution is 0.0355. The van der Waals surface area contributed by atoms with Gasteiger partial charge in [0.15, 0.2) is 0 Å². The molecule has 6 nitrogen and oxygen atoms in total. The van der Waals surface area contributed by atoms with E-state index < -0.39 is 0 Å². The Kier molecular flexibility index (Phi) is 6.09. The van der Waals surface area contributed by atoms with Crippen molar-refractivity contribution in [3.8, 4) is 6.07 Å². The fourth-order valence-corrected chi connectivity index (χ4v) is 5.41.